The van der Waals surface area contributed by atoms with Gasteiger partial charge in [0.05, 0.1) is 36.1 Å². The molecule has 8 nitrogen and oxygen atoms in total. The van der Waals surface area contributed by atoms with Crippen LogP contribution in [0.3, 0.4) is 0 Å². The van der Waals surface area contributed by atoms with Crippen molar-refractivity contribution in [2.24, 2.45) is 7.05 Å². The van der Waals surface area contributed by atoms with E-state index in [1.54, 1.807) is 17.9 Å². The van der Waals surface area contributed by atoms with E-state index in [4.69, 9.17) is 0 Å². The summed E-state index contributed by atoms with van der Waals surface area (Å²) in [5.74, 6) is 0.690. The molecule has 2 amide bonds. The number of rotatable bonds is 4. The molecule has 9 heteroatoms. The third kappa shape index (κ3) is 3.25. The van der Waals surface area contributed by atoms with Crippen molar-refractivity contribution in [3.63, 3.8) is 0 Å². The van der Waals surface area contributed by atoms with Gasteiger partial charge in [0.2, 0.25) is 0 Å². The number of carbonyl (C=O) groups is 2. The first kappa shape index (κ1) is 16.5. The van der Waals surface area contributed by atoms with E-state index >= 15 is 0 Å². The predicted molar refractivity (Wildman–Crippen MR) is 95.7 cm³/mol. The number of nitrogens with one attached hydrogen (secondary N) is 1. The number of aryl methyl sites for hydroxylation is 1. The third-order valence-electron chi connectivity index (χ3n) is 4.30. The Morgan fingerprint density at radius 1 is 1.27 bits per heavy atom. The van der Waals surface area contributed by atoms with Gasteiger partial charge in [-0.25, -0.2) is 4.98 Å². The second kappa shape index (κ2) is 6.75. The number of amides is 2. The quantitative estimate of drug-likeness (QED) is 0.749. The molecular weight excluding hydrogens is 352 g/mol. The minimum absolute atomic E-state index is 0.0342. The van der Waals surface area contributed by atoms with E-state index in [2.05, 4.69) is 15.4 Å². The first-order chi connectivity index (χ1) is 12.6. The predicted octanol–water partition coefficient (Wildman–Crippen LogP) is 1.26. The summed E-state index contributed by atoms with van der Waals surface area (Å²) in [6, 6.07) is 1.84. The minimum Gasteiger partial charge on any atom is -0.346 e. The standard InChI is InChI=1S/C17H18N6O2S/c1-21-8-13(6-19-21)16(24)18-7-14-9-22-3-4-23(10-15(22)20-14)17(25)12-2-5-26-11-12/h2,5-6,8-9,11H,3-4,7,10H2,1H3,(H,18,24). The SMILES string of the molecule is Cn1cc(C(=O)NCc2cn3c(n2)CN(C(=O)c2ccsc2)CC3)cn1. The van der Waals surface area contributed by atoms with Crippen molar-refractivity contribution in [3.05, 3.63) is 58.1 Å². The van der Waals surface area contributed by atoms with Gasteiger partial charge in [-0.15, -0.1) is 0 Å². The molecule has 4 rings (SSSR count). The molecule has 4 heterocycles. The number of thiophene rings is 1. The van der Waals surface area contributed by atoms with Crippen LogP contribution in [0.1, 0.15) is 32.2 Å². The summed E-state index contributed by atoms with van der Waals surface area (Å²) < 4.78 is 3.63. The lowest BCUT2D eigenvalue weighted by Crippen LogP contribution is -2.38. The van der Waals surface area contributed by atoms with Crippen molar-refractivity contribution in [3.8, 4) is 0 Å². The summed E-state index contributed by atoms with van der Waals surface area (Å²) in [5.41, 5.74) is 2.02. The van der Waals surface area contributed by atoms with Gasteiger partial charge in [0.15, 0.2) is 0 Å². The zero-order valence-corrected chi connectivity index (χ0v) is 15.1. The molecule has 0 spiro atoms. The second-order valence-corrected chi connectivity index (χ2v) is 6.95. The van der Waals surface area contributed by atoms with Gasteiger partial charge in [-0.3, -0.25) is 14.3 Å². The van der Waals surface area contributed by atoms with Crippen LogP contribution in [-0.4, -0.2) is 42.6 Å². The number of nitrogens with zero attached hydrogens (tertiary/aromatic N) is 5. The number of carbonyl (C=O) groups excluding carboxylic acids is 2. The van der Waals surface area contributed by atoms with Crippen molar-refractivity contribution in [1.82, 2.24) is 29.5 Å². The van der Waals surface area contributed by atoms with Crippen LogP contribution in [0, 0.1) is 0 Å². The summed E-state index contributed by atoms with van der Waals surface area (Å²) >= 11 is 1.52. The van der Waals surface area contributed by atoms with E-state index in [1.165, 1.54) is 17.5 Å². The minimum atomic E-state index is -0.182. The molecule has 0 unspecified atom stereocenters. The van der Waals surface area contributed by atoms with Gasteiger partial charge in [-0.05, 0) is 11.4 Å². The fraction of sp³-hybridized carbons (Fsp3) is 0.294. The van der Waals surface area contributed by atoms with Gasteiger partial charge in [-0.1, -0.05) is 0 Å². The van der Waals surface area contributed by atoms with Crippen molar-refractivity contribution < 1.29 is 9.59 Å². The highest BCUT2D eigenvalue weighted by Crippen LogP contribution is 2.17. The van der Waals surface area contributed by atoms with E-state index in [-0.39, 0.29) is 11.8 Å². The normalized spacial score (nSPS) is 13.5. The van der Waals surface area contributed by atoms with Crippen LogP contribution in [0.4, 0.5) is 0 Å². The van der Waals surface area contributed by atoms with Crippen molar-refractivity contribution in [2.75, 3.05) is 6.54 Å². The molecule has 134 valence electrons. The maximum absolute atomic E-state index is 12.5. The molecule has 0 fully saturated rings. The lowest BCUT2D eigenvalue weighted by Gasteiger charge is -2.27. The Morgan fingerprint density at radius 2 is 2.15 bits per heavy atom. The molecule has 0 aromatic carbocycles. The van der Waals surface area contributed by atoms with E-state index in [9.17, 15) is 9.59 Å². The van der Waals surface area contributed by atoms with Crippen LogP contribution in [0.25, 0.3) is 0 Å². The smallest absolute Gasteiger partial charge is 0.255 e. The summed E-state index contributed by atoms with van der Waals surface area (Å²) in [6.45, 7) is 2.17. The van der Waals surface area contributed by atoms with Crippen LogP contribution < -0.4 is 5.32 Å². The Balaban J connectivity index is 1.40. The Hall–Kier alpha value is -2.94. The van der Waals surface area contributed by atoms with E-state index < -0.39 is 0 Å². The molecule has 1 aliphatic rings. The highest BCUT2D eigenvalue weighted by Gasteiger charge is 2.23. The maximum Gasteiger partial charge on any atom is 0.255 e. The van der Waals surface area contributed by atoms with Gasteiger partial charge < -0.3 is 14.8 Å². The Labute approximate surface area is 154 Å². The van der Waals surface area contributed by atoms with E-state index in [0.717, 1.165) is 17.1 Å². The lowest BCUT2D eigenvalue weighted by molar-refractivity contribution is 0.0708. The highest BCUT2D eigenvalue weighted by atomic mass is 32.1. The van der Waals surface area contributed by atoms with E-state index in [1.807, 2.05) is 32.5 Å². The Morgan fingerprint density at radius 3 is 2.88 bits per heavy atom. The molecule has 0 saturated heterocycles. The molecular formula is C17H18N6O2S. The molecule has 26 heavy (non-hydrogen) atoms. The molecule has 3 aromatic heterocycles. The molecule has 0 bridgehead atoms. The highest BCUT2D eigenvalue weighted by molar-refractivity contribution is 7.08. The largest absolute Gasteiger partial charge is 0.346 e. The summed E-state index contributed by atoms with van der Waals surface area (Å²) in [6.07, 6.45) is 5.13. The molecule has 0 atom stereocenters. The fourth-order valence-corrected chi connectivity index (χ4v) is 3.58. The molecule has 1 N–H and O–H groups in total. The summed E-state index contributed by atoms with van der Waals surface area (Å²) in [4.78, 5) is 31.0. The summed E-state index contributed by atoms with van der Waals surface area (Å²) in [5, 5.41) is 10.6. The van der Waals surface area contributed by atoms with E-state index in [0.29, 0.717) is 31.7 Å². The fourth-order valence-electron chi connectivity index (χ4n) is 2.95. The van der Waals surface area contributed by atoms with Crippen LogP contribution in [0.2, 0.25) is 0 Å². The number of imidazole rings is 1. The average Bonchev–Trinajstić information content (AvgIpc) is 3.38. The second-order valence-electron chi connectivity index (χ2n) is 6.17. The monoisotopic (exact) mass is 370 g/mol. The van der Waals surface area contributed by atoms with Crippen molar-refractivity contribution >= 4 is 23.2 Å². The number of hydrogen-bond donors (Lipinski definition) is 1. The third-order valence-corrected chi connectivity index (χ3v) is 4.99. The maximum atomic E-state index is 12.5. The van der Waals surface area contributed by atoms with Gasteiger partial charge in [0, 0.05) is 37.9 Å². The van der Waals surface area contributed by atoms with Crippen LogP contribution in [0.15, 0.2) is 35.4 Å². The Kier molecular flexibility index (Phi) is 4.29. The molecule has 0 aliphatic carbocycles. The first-order valence-corrected chi connectivity index (χ1v) is 9.17. The molecule has 0 saturated carbocycles. The zero-order valence-electron chi connectivity index (χ0n) is 14.3. The van der Waals surface area contributed by atoms with Crippen LogP contribution >= 0.6 is 11.3 Å². The topological polar surface area (TPSA) is 85.0 Å². The van der Waals surface area contributed by atoms with Crippen molar-refractivity contribution in [1.29, 1.82) is 0 Å². The number of aromatic nitrogens is 4. The van der Waals surface area contributed by atoms with Crippen molar-refractivity contribution in [2.45, 2.75) is 19.6 Å². The number of hydrogen-bond acceptors (Lipinski definition) is 5. The molecule has 0 radical (unpaired) electrons. The average molecular weight is 370 g/mol. The van der Waals surface area contributed by atoms with Gasteiger partial charge >= 0.3 is 0 Å². The van der Waals surface area contributed by atoms with Gasteiger partial charge in [-0.2, -0.15) is 16.4 Å². The lowest BCUT2D eigenvalue weighted by atomic mass is 10.2. The summed E-state index contributed by atoms with van der Waals surface area (Å²) in [7, 11) is 1.77. The first-order valence-electron chi connectivity index (χ1n) is 8.23. The van der Waals surface area contributed by atoms with Gasteiger partial charge in [0.1, 0.15) is 5.82 Å². The number of fused-ring (bicyclic) bond motifs is 1. The van der Waals surface area contributed by atoms with Crippen LogP contribution in [-0.2, 0) is 26.7 Å². The van der Waals surface area contributed by atoms with Crippen LogP contribution in [0.5, 0.6) is 0 Å². The Bertz CT molecular complexity index is 943. The van der Waals surface area contributed by atoms with Gasteiger partial charge in [0.25, 0.3) is 11.8 Å². The molecule has 1 aliphatic heterocycles. The zero-order chi connectivity index (χ0) is 18.1. The molecule has 3 aromatic rings.